The first-order valence-electron chi connectivity index (χ1n) is 5.85. The Labute approximate surface area is 94.9 Å². The zero-order valence-corrected chi connectivity index (χ0v) is 9.26. The minimum atomic E-state index is -0.756. The summed E-state index contributed by atoms with van der Waals surface area (Å²) in [5.41, 5.74) is 0. The maximum Gasteiger partial charge on any atom is 0.306 e. The summed E-state index contributed by atoms with van der Waals surface area (Å²) in [5, 5.41) is 8.89. The minimum absolute atomic E-state index is 0.0624. The average Bonchev–Trinajstić information content (AvgIpc) is 2.78. The molecule has 2 aliphatic rings. The Morgan fingerprint density at radius 3 is 2.50 bits per heavy atom. The van der Waals surface area contributed by atoms with Crippen molar-refractivity contribution in [1.82, 2.24) is 4.90 Å². The molecule has 1 amide bonds. The van der Waals surface area contributed by atoms with Crippen molar-refractivity contribution in [2.24, 2.45) is 11.8 Å². The molecule has 2 atom stereocenters. The van der Waals surface area contributed by atoms with Gasteiger partial charge in [-0.05, 0) is 25.7 Å². The topological polar surface area (TPSA) is 57.6 Å². The molecule has 0 bridgehead atoms. The summed E-state index contributed by atoms with van der Waals surface area (Å²) in [4.78, 5) is 24.7. The molecule has 0 spiro atoms. The lowest BCUT2D eigenvalue weighted by Crippen LogP contribution is -2.37. The third kappa shape index (κ3) is 2.26. The zero-order chi connectivity index (χ0) is 11.5. The molecule has 16 heavy (non-hydrogen) atoms. The summed E-state index contributed by atoms with van der Waals surface area (Å²) < 4.78 is 0. The molecule has 0 radical (unpaired) electrons. The van der Waals surface area contributed by atoms with Gasteiger partial charge in [-0.1, -0.05) is 12.2 Å². The van der Waals surface area contributed by atoms with E-state index in [4.69, 9.17) is 5.11 Å². The van der Waals surface area contributed by atoms with Crippen LogP contribution in [0.3, 0.4) is 0 Å². The van der Waals surface area contributed by atoms with Gasteiger partial charge >= 0.3 is 5.97 Å². The minimum Gasteiger partial charge on any atom is -0.481 e. The second-order valence-corrected chi connectivity index (χ2v) is 4.59. The first kappa shape index (κ1) is 11.2. The smallest absolute Gasteiger partial charge is 0.306 e. The van der Waals surface area contributed by atoms with E-state index in [-0.39, 0.29) is 17.7 Å². The summed E-state index contributed by atoms with van der Waals surface area (Å²) in [6, 6.07) is 0. The molecule has 0 aromatic heterocycles. The molecule has 2 unspecified atom stereocenters. The molecule has 88 valence electrons. The average molecular weight is 223 g/mol. The Morgan fingerprint density at radius 1 is 1.19 bits per heavy atom. The van der Waals surface area contributed by atoms with E-state index in [1.807, 2.05) is 11.0 Å². The second-order valence-electron chi connectivity index (χ2n) is 4.59. The fourth-order valence-electron chi connectivity index (χ4n) is 2.53. The van der Waals surface area contributed by atoms with E-state index in [1.165, 1.54) is 0 Å². The van der Waals surface area contributed by atoms with Crippen molar-refractivity contribution >= 4 is 11.9 Å². The quantitative estimate of drug-likeness (QED) is 0.717. The number of amides is 1. The number of carbonyl (C=O) groups excluding carboxylic acids is 1. The van der Waals surface area contributed by atoms with Gasteiger partial charge in [0.05, 0.1) is 5.92 Å². The van der Waals surface area contributed by atoms with Crippen molar-refractivity contribution in [3.05, 3.63) is 12.2 Å². The molecule has 1 N–H and O–H groups in total. The summed E-state index contributed by atoms with van der Waals surface area (Å²) in [6.07, 6.45) is 6.91. The van der Waals surface area contributed by atoms with Crippen LogP contribution in [0.5, 0.6) is 0 Å². The lowest BCUT2D eigenvalue weighted by Gasteiger charge is -2.26. The highest BCUT2D eigenvalue weighted by atomic mass is 16.4. The first-order valence-corrected chi connectivity index (χ1v) is 5.85. The molecule has 4 heteroatoms. The van der Waals surface area contributed by atoms with Crippen molar-refractivity contribution in [2.75, 3.05) is 13.1 Å². The van der Waals surface area contributed by atoms with Crippen molar-refractivity contribution in [2.45, 2.75) is 25.7 Å². The van der Waals surface area contributed by atoms with E-state index in [0.717, 1.165) is 19.4 Å². The van der Waals surface area contributed by atoms with Gasteiger partial charge in [0, 0.05) is 19.0 Å². The Bertz CT molecular complexity index is 324. The van der Waals surface area contributed by atoms with Gasteiger partial charge in [0.1, 0.15) is 0 Å². The third-order valence-corrected chi connectivity index (χ3v) is 3.50. The van der Waals surface area contributed by atoms with E-state index in [1.54, 1.807) is 0 Å². The Hall–Kier alpha value is -1.32. The molecule has 1 heterocycles. The number of hydrogen-bond acceptors (Lipinski definition) is 2. The van der Waals surface area contributed by atoms with Gasteiger partial charge in [0.15, 0.2) is 0 Å². The van der Waals surface area contributed by atoms with Gasteiger partial charge in [-0.2, -0.15) is 0 Å². The van der Waals surface area contributed by atoms with E-state index in [2.05, 4.69) is 6.08 Å². The number of carboxylic acid groups (broad SMARTS) is 1. The molecule has 0 aromatic rings. The summed E-state index contributed by atoms with van der Waals surface area (Å²) in [5.74, 6) is -0.983. The van der Waals surface area contributed by atoms with Crippen molar-refractivity contribution in [1.29, 1.82) is 0 Å². The predicted molar refractivity (Wildman–Crippen MR) is 58.8 cm³/mol. The Morgan fingerprint density at radius 2 is 1.94 bits per heavy atom. The number of carbonyl (C=O) groups is 2. The molecular formula is C12H17NO3. The highest BCUT2D eigenvalue weighted by Crippen LogP contribution is 2.32. The lowest BCUT2D eigenvalue weighted by molar-refractivity contribution is -0.141. The Kier molecular flexibility index (Phi) is 3.27. The van der Waals surface area contributed by atoms with Crippen LogP contribution in [0.25, 0.3) is 0 Å². The highest BCUT2D eigenvalue weighted by molar-refractivity contribution is 5.81. The van der Waals surface area contributed by atoms with Gasteiger partial charge in [0.2, 0.25) is 5.91 Å². The van der Waals surface area contributed by atoms with Crippen LogP contribution in [-0.2, 0) is 9.59 Å². The second kappa shape index (κ2) is 4.68. The van der Waals surface area contributed by atoms with Gasteiger partial charge in [-0.15, -0.1) is 0 Å². The fourth-order valence-corrected chi connectivity index (χ4v) is 2.53. The van der Waals surface area contributed by atoms with Crippen LogP contribution in [0.2, 0.25) is 0 Å². The normalized spacial score (nSPS) is 29.4. The lowest BCUT2D eigenvalue weighted by atomic mass is 10.0. The Balaban J connectivity index is 1.91. The van der Waals surface area contributed by atoms with Crippen LogP contribution in [0.4, 0.5) is 0 Å². The molecule has 4 nitrogen and oxygen atoms in total. The van der Waals surface area contributed by atoms with Crippen LogP contribution in [0.1, 0.15) is 25.7 Å². The summed E-state index contributed by atoms with van der Waals surface area (Å²) >= 11 is 0. The van der Waals surface area contributed by atoms with Gasteiger partial charge in [-0.25, -0.2) is 0 Å². The van der Waals surface area contributed by atoms with E-state index >= 15 is 0 Å². The van der Waals surface area contributed by atoms with Crippen molar-refractivity contribution in [3.63, 3.8) is 0 Å². The van der Waals surface area contributed by atoms with E-state index in [9.17, 15) is 9.59 Å². The molecule has 0 aromatic carbocycles. The van der Waals surface area contributed by atoms with Gasteiger partial charge in [-0.3, -0.25) is 9.59 Å². The van der Waals surface area contributed by atoms with Crippen LogP contribution >= 0.6 is 0 Å². The number of aliphatic carboxylic acids is 1. The van der Waals surface area contributed by atoms with E-state index < -0.39 is 5.97 Å². The van der Waals surface area contributed by atoms with Gasteiger partial charge < -0.3 is 10.0 Å². The summed E-state index contributed by atoms with van der Waals surface area (Å²) in [6.45, 7) is 1.47. The number of carboxylic acids is 1. The van der Waals surface area contributed by atoms with Crippen molar-refractivity contribution < 1.29 is 14.7 Å². The molecule has 1 aliphatic carbocycles. The molecule has 1 fully saturated rings. The first-order chi connectivity index (χ1) is 7.68. The SMILES string of the molecule is O=C(O)C1CCC(C(=O)N2CC=CCC2)C1. The molecule has 0 saturated heterocycles. The van der Waals surface area contributed by atoms with E-state index in [0.29, 0.717) is 19.4 Å². The summed E-state index contributed by atoms with van der Waals surface area (Å²) in [7, 11) is 0. The van der Waals surface area contributed by atoms with Gasteiger partial charge in [0.25, 0.3) is 0 Å². The maximum atomic E-state index is 12.1. The third-order valence-electron chi connectivity index (χ3n) is 3.50. The maximum absolute atomic E-state index is 12.1. The van der Waals surface area contributed by atoms with Crippen LogP contribution < -0.4 is 0 Å². The standard InChI is InChI=1S/C12H17NO3/c14-11(13-6-2-1-3-7-13)9-4-5-10(8-9)12(15)16/h1-2,9-10H,3-8H2,(H,15,16). The predicted octanol–water partition coefficient (Wildman–Crippen LogP) is 1.28. The van der Waals surface area contributed by atoms with Crippen LogP contribution in [0, 0.1) is 11.8 Å². The molecule has 2 rings (SSSR count). The molecule has 1 saturated carbocycles. The fraction of sp³-hybridized carbons (Fsp3) is 0.667. The number of hydrogen-bond donors (Lipinski definition) is 1. The van der Waals surface area contributed by atoms with Crippen molar-refractivity contribution in [3.8, 4) is 0 Å². The molecular weight excluding hydrogens is 206 g/mol. The van der Waals surface area contributed by atoms with Crippen LogP contribution in [-0.4, -0.2) is 35.0 Å². The number of nitrogens with zero attached hydrogens (tertiary/aromatic N) is 1. The largest absolute Gasteiger partial charge is 0.481 e. The number of rotatable bonds is 2. The molecule has 1 aliphatic heterocycles. The highest BCUT2D eigenvalue weighted by Gasteiger charge is 2.35. The monoisotopic (exact) mass is 223 g/mol. The zero-order valence-electron chi connectivity index (χ0n) is 9.26. The van der Waals surface area contributed by atoms with Crippen LogP contribution in [0.15, 0.2) is 12.2 Å².